The van der Waals surface area contributed by atoms with Crippen LogP contribution in [-0.2, 0) is 13.6 Å². The maximum atomic E-state index is 9.85. The first-order chi connectivity index (χ1) is 8.13. The van der Waals surface area contributed by atoms with Crippen LogP contribution in [-0.4, -0.2) is 52.1 Å². The molecule has 1 unspecified atom stereocenters. The SMILES string of the molecule is CN(Cc1cnn(C)c1)CC(O)CNC1CC1. The molecular weight excluding hydrogens is 216 g/mol. The molecule has 1 aromatic rings. The number of nitrogens with one attached hydrogen (secondary N) is 1. The Morgan fingerprint density at radius 2 is 2.41 bits per heavy atom. The molecule has 0 aromatic carbocycles. The van der Waals surface area contributed by atoms with Crippen LogP contribution >= 0.6 is 0 Å². The van der Waals surface area contributed by atoms with Crippen molar-refractivity contribution in [1.29, 1.82) is 0 Å². The lowest BCUT2D eigenvalue weighted by Gasteiger charge is -2.20. The minimum absolute atomic E-state index is 0.294. The van der Waals surface area contributed by atoms with E-state index >= 15 is 0 Å². The van der Waals surface area contributed by atoms with Crippen molar-refractivity contribution in [3.63, 3.8) is 0 Å². The van der Waals surface area contributed by atoms with Gasteiger partial charge in [-0.05, 0) is 19.9 Å². The standard InChI is InChI=1S/C12H22N4O/c1-15(7-10-5-14-16(2)8-10)9-12(17)6-13-11-3-4-11/h5,8,11-13,17H,3-4,6-7,9H2,1-2H3. The number of aliphatic hydroxyl groups excluding tert-OH is 1. The van der Waals surface area contributed by atoms with E-state index in [-0.39, 0.29) is 6.10 Å². The molecule has 1 saturated carbocycles. The minimum Gasteiger partial charge on any atom is -0.390 e. The predicted molar refractivity (Wildman–Crippen MR) is 66.6 cm³/mol. The molecule has 0 radical (unpaired) electrons. The molecule has 96 valence electrons. The number of likely N-dealkylation sites (N-methyl/N-ethyl adjacent to an activating group) is 1. The second-order valence-corrected chi connectivity index (χ2v) is 5.06. The summed E-state index contributed by atoms with van der Waals surface area (Å²) >= 11 is 0. The number of aromatic nitrogens is 2. The van der Waals surface area contributed by atoms with E-state index in [0.29, 0.717) is 19.1 Å². The van der Waals surface area contributed by atoms with Crippen LogP contribution in [0, 0.1) is 0 Å². The van der Waals surface area contributed by atoms with Crippen molar-refractivity contribution in [2.75, 3.05) is 20.1 Å². The molecule has 0 aliphatic heterocycles. The number of rotatable bonds is 7. The average molecular weight is 238 g/mol. The van der Waals surface area contributed by atoms with Crippen LogP contribution in [0.4, 0.5) is 0 Å². The molecule has 17 heavy (non-hydrogen) atoms. The lowest BCUT2D eigenvalue weighted by atomic mass is 10.3. The molecule has 1 atom stereocenters. The topological polar surface area (TPSA) is 53.3 Å². The van der Waals surface area contributed by atoms with Crippen molar-refractivity contribution in [3.8, 4) is 0 Å². The number of nitrogens with zero attached hydrogens (tertiary/aromatic N) is 3. The van der Waals surface area contributed by atoms with Crippen LogP contribution in [0.1, 0.15) is 18.4 Å². The third-order valence-corrected chi connectivity index (χ3v) is 2.95. The van der Waals surface area contributed by atoms with E-state index in [2.05, 4.69) is 15.3 Å². The highest BCUT2D eigenvalue weighted by atomic mass is 16.3. The number of aliphatic hydroxyl groups is 1. The molecule has 2 rings (SSSR count). The number of hydrogen-bond acceptors (Lipinski definition) is 4. The van der Waals surface area contributed by atoms with Gasteiger partial charge in [0.2, 0.25) is 0 Å². The van der Waals surface area contributed by atoms with E-state index in [1.54, 1.807) is 4.68 Å². The molecule has 1 aliphatic carbocycles. The van der Waals surface area contributed by atoms with E-state index in [1.165, 1.54) is 18.4 Å². The smallest absolute Gasteiger partial charge is 0.0791 e. The molecule has 0 amide bonds. The van der Waals surface area contributed by atoms with E-state index < -0.39 is 0 Å². The fourth-order valence-corrected chi connectivity index (χ4v) is 1.94. The summed E-state index contributed by atoms with van der Waals surface area (Å²) in [5, 5.41) is 17.3. The summed E-state index contributed by atoms with van der Waals surface area (Å²) in [7, 11) is 3.94. The summed E-state index contributed by atoms with van der Waals surface area (Å²) in [6.07, 6.45) is 6.10. The number of aryl methyl sites for hydroxylation is 1. The van der Waals surface area contributed by atoms with Gasteiger partial charge in [0.05, 0.1) is 12.3 Å². The summed E-state index contributed by atoms with van der Waals surface area (Å²) in [4.78, 5) is 2.12. The van der Waals surface area contributed by atoms with Crippen LogP contribution < -0.4 is 5.32 Å². The molecule has 1 heterocycles. The van der Waals surface area contributed by atoms with Gasteiger partial charge < -0.3 is 10.4 Å². The molecular formula is C12H22N4O. The van der Waals surface area contributed by atoms with Gasteiger partial charge in [-0.3, -0.25) is 9.58 Å². The second-order valence-electron chi connectivity index (χ2n) is 5.06. The van der Waals surface area contributed by atoms with Crippen molar-refractivity contribution >= 4 is 0 Å². The Bertz CT molecular complexity index is 348. The Morgan fingerprint density at radius 1 is 1.65 bits per heavy atom. The molecule has 0 bridgehead atoms. The van der Waals surface area contributed by atoms with Crippen LogP contribution in [0.5, 0.6) is 0 Å². The summed E-state index contributed by atoms with van der Waals surface area (Å²) in [6.45, 7) is 2.21. The Balaban J connectivity index is 1.66. The maximum absolute atomic E-state index is 9.85. The molecule has 1 aliphatic rings. The first-order valence-electron chi connectivity index (χ1n) is 6.21. The molecule has 1 fully saturated rings. The van der Waals surface area contributed by atoms with Crippen molar-refractivity contribution < 1.29 is 5.11 Å². The quantitative estimate of drug-likeness (QED) is 0.700. The zero-order chi connectivity index (χ0) is 12.3. The van der Waals surface area contributed by atoms with Gasteiger partial charge in [0.1, 0.15) is 0 Å². The van der Waals surface area contributed by atoms with E-state index in [1.807, 2.05) is 26.5 Å². The highest BCUT2D eigenvalue weighted by molar-refractivity contribution is 5.03. The first-order valence-corrected chi connectivity index (χ1v) is 6.21. The largest absolute Gasteiger partial charge is 0.390 e. The zero-order valence-electron chi connectivity index (χ0n) is 10.6. The Labute approximate surface area is 102 Å². The monoisotopic (exact) mass is 238 g/mol. The van der Waals surface area contributed by atoms with E-state index in [4.69, 9.17) is 0 Å². The molecule has 5 nitrogen and oxygen atoms in total. The molecule has 1 aromatic heterocycles. The minimum atomic E-state index is -0.294. The van der Waals surface area contributed by atoms with Crippen LogP contribution in [0.3, 0.4) is 0 Å². The maximum Gasteiger partial charge on any atom is 0.0791 e. The average Bonchev–Trinajstić information content (AvgIpc) is 3.00. The highest BCUT2D eigenvalue weighted by Crippen LogP contribution is 2.18. The van der Waals surface area contributed by atoms with Gasteiger partial charge in [0.15, 0.2) is 0 Å². The van der Waals surface area contributed by atoms with Gasteiger partial charge in [0, 0.05) is 44.5 Å². The van der Waals surface area contributed by atoms with Gasteiger partial charge in [-0.2, -0.15) is 5.10 Å². The van der Waals surface area contributed by atoms with Gasteiger partial charge in [-0.25, -0.2) is 0 Å². The summed E-state index contributed by atoms with van der Waals surface area (Å²) in [5.41, 5.74) is 1.18. The fraction of sp³-hybridized carbons (Fsp3) is 0.750. The van der Waals surface area contributed by atoms with Crippen LogP contribution in [0.25, 0.3) is 0 Å². The third kappa shape index (κ3) is 4.46. The van der Waals surface area contributed by atoms with Crippen molar-refractivity contribution in [2.45, 2.75) is 31.5 Å². The van der Waals surface area contributed by atoms with Crippen molar-refractivity contribution in [2.24, 2.45) is 7.05 Å². The van der Waals surface area contributed by atoms with Gasteiger partial charge >= 0.3 is 0 Å². The molecule has 0 spiro atoms. The highest BCUT2D eigenvalue weighted by Gasteiger charge is 2.21. The predicted octanol–water partition coefficient (Wildman–Crippen LogP) is -0.0352. The molecule has 5 heteroatoms. The summed E-state index contributed by atoms with van der Waals surface area (Å²) in [6, 6.07) is 0.660. The van der Waals surface area contributed by atoms with Crippen molar-refractivity contribution in [3.05, 3.63) is 18.0 Å². The Morgan fingerprint density at radius 3 is 3.00 bits per heavy atom. The lowest BCUT2D eigenvalue weighted by Crippen LogP contribution is -2.37. The van der Waals surface area contributed by atoms with Gasteiger partial charge in [0.25, 0.3) is 0 Å². The van der Waals surface area contributed by atoms with E-state index in [9.17, 15) is 5.11 Å². The van der Waals surface area contributed by atoms with E-state index in [0.717, 1.165) is 6.54 Å². The Hall–Kier alpha value is -0.910. The number of hydrogen-bond donors (Lipinski definition) is 2. The fourth-order valence-electron chi connectivity index (χ4n) is 1.94. The zero-order valence-corrected chi connectivity index (χ0v) is 10.6. The summed E-state index contributed by atoms with van der Waals surface area (Å²) < 4.78 is 1.80. The molecule has 2 N–H and O–H groups in total. The Kier molecular flexibility index (Phi) is 4.15. The van der Waals surface area contributed by atoms with Gasteiger partial charge in [-0.15, -0.1) is 0 Å². The first kappa shape index (κ1) is 12.5. The van der Waals surface area contributed by atoms with Gasteiger partial charge in [-0.1, -0.05) is 0 Å². The normalized spacial score (nSPS) is 17.6. The lowest BCUT2D eigenvalue weighted by molar-refractivity contribution is 0.121. The second kappa shape index (κ2) is 5.62. The summed E-state index contributed by atoms with van der Waals surface area (Å²) in [5.74, 6) is 0. The van der Waals surface area contributed by atoms with Crippen LogP contribution in [0.2, 0.25) is 0 Å². The van der Waals surface area contributed by atoms with Crippen LogP contribution in [0.15, 0.2) is 12.4 Å². The van der Waals surface area contributed by atoms with Crippen molar-refractivity contribution in [1.82, 2.24) is 20.0 Å². The molecule has 0 saturated heterocycles. The third-order valence-electron chi connectivity index (χ3n) is 2.95.